The summed E-state index contributed by atoms with van der Waals surface area (Å²) in [5.74, 6) is 0.838. The molecular weight excluding hydrogens is 360 g/mol. The van der Waals surface area contributed by atoms with Crippen LogP contribution in [0.1, 0.15) is 40.4 Å². The van der Waals surface area contributed by atoms with Crippen molar-refractivity contribution in [1.29, 1.82) is 0 Å². The van der Waals surface area contributed by atoms with Gasteiger partial charge >= 0.3 is 0 Å². The van der Waals surface area contributed by atoms with Crippen LogP contribution < -0.4 is 0 Å². The number of carbonyl (C=O) groups excluding carboxylic acids is 1. The Morgan fingerprint density at radius 3 is 2.00 bits per heavy atom. The number of hydrogen-bond donors (Lipinski definition) is 0. The highest BCUT2D eigenvalue weighted by Crippen LogP contribution is 2.28. The van der Waals surface area contributed by atoms with Gasteiger partial charge in [0.1, 0.15) is 11.5 Å². The van der Waals surface area contributed by atoms with E-state index in [-0.39, 0.29) is 11.9 Å². The van der Waals surface area contributed by atoms with E-state index in [2.05, 4.69) is 65.3 Å². The van der Waals surface area contributed by atoms with Gasteiger partial charge in [0.15, 0.2) is 0 Å². The van der Waals surface area contributed by atoms with Crippen LogP contribution >= 0.6 is 0 Å². The third-order valence-electron chi connectivity index (χ3n) is 5.51. The molecule has 0 unspecified atom stereocenters. The van der Waals surface area contributed by atoms with Gasteiger partial charge in [-0.05, 0) is 24.6 Å². The van der Waals surface area contributed by atoms with E-state index in [1.165, 1.54) is 11.1 Å². The SMILES string of the molecule is CCN(CCN(C)C(=O)c1cnc(C)n1C)C(c1ccccc1)c1ccccc1. The molecule has 1 aromatic heterocycles. The van der Waals surface area contributed by atoms with Gasteiger partial charge in [-0.3, -0.25) is 9.69 Å². The number of hydrogen-bond acceptors (Lipinski definition) is 3. The third-order valence-corrected chi connectivity index (χ3v) is 5.51. The van der Waals surface area contributed by atoms with Crippen molar-refractivity contribution in [2.75, 3.05) is 26.7 Å². The minimum absolute atomic E-state index is 0.000116. The maximum absolute atomic E-state index is 12.8. The highest BCUT2D eigenvalue weighted by atomic mass is 16.2. The van der Waals surface area contributed by atoms with Crippen molar-refractivity contribution in [3.8, 4) is 0 Å². The van der Waals surface area contributed by atoms with Crippen LogP contribution in [-0.2, 0) is 7.05 Å². The van der Waals surface area contributed by atoms with Crippen molar-refractivity contribution in [2.45, 2.75) is 19.9 Å². The van der Waals surface area contributed by atoms with E-state index in [0.717, 1.165) is 18.9 Å². The summed E-state index contributed by atoms with van der Waals surface area (Å²) in [6.45, 7) is 6.39. The van der Waals surface area contributed by atoms with Gasteiger partial charge in [-0.1, -0.05) is 67.6 Å². The summed E-state index contributed by atoms with van der Waals surface area (Å²) in [4.78, 5) is 21.3. The maximum Gasteiger partial charge on any atom is 0.271 e. The molecule has 0 saturated carbocycles. The highest BCUT2D eigenvalue weighted by Gasteiger charge is 2.23. The molecule has 2 aromatic carbocycles. The molecule has 3 aromatic rings. The van der Waals surface area contributed by atoms with Gasteiger partial charge in [-0.25, -0.2) is 4.98 Å². The molecular formula is C24H30N4O. The largest absolute Gasteiger partial charge is 0.339 e. The first kappa shape index (κ1) is 20.8. The zero-order chi connectivity index (χ0) is 20.8. The number of rotatable bonds is 8. The molecule has 0 aliphatic carbocycles. The molecule has 0 bridgehead atoms. The van der Waals surface area contributed by atoms with Crippen LogP contribution in [0.15, 0.2) is 66.9 Å². The summed E-state index contributed by atoms with van der Waals surface area (Å²) >= 11 is 0. The van der Waals surface area contributed by atoms with Crippen LogP contribution in [0.25, 0.3) is 0 Å². The first-order chi connectivity index (χ1) is 14.0. The minimum Gasteiger partial charge on any atom is -0.339 e. The van der Waals surface area contributed by atoms with E-state index in [1.807, 2.05) is 37.7 Å². The molecule has 3 rings (SSSR count). The van der Waals surface area contributed by atoms with E-state index in [9.17, 15) is 4.79 Å². The molecule has 0 radical (unpaired) electrons. The Hall–Kier alpha value is -2.92. The molecule has 152 valence electrons. The van der Waals surface area contributed by atoms with Crippen LogP contribution in [0.4, 0.5) is 0 Å². The van der Waals surface area contributed by atoms with Crippen LogP contribution in [0.3, 0.4) is 0 Å². The summed E-state index contributed by atoms with van der Waals surface area (Å²) in [7, 11) is 3.74. The summed E-state index contributed by atoms with van der Waals surface area (Å²) in [5, 5.41) is 0. The fourth-order valence-corrected chi connectivity index (χ4v) is 3.63. The van der Waals surface area contributed by atoms with Crippen molar-refractivity contribution in [2.24, 2.45) is 7.05 Å². The van der Waals surface area contributed by atoms with Crippen LogP contribution in [-0.4, -0.2) is 51.9 Å². The fourth-order valence-electron chi connectivity index (χ4n) is 3.63. The molecule has 29 heavy (non-hydrogen) atoms. The summed E-state index contributed by atoms with van der Waals surface area (Å²) in [5.41, 5.74) is 3.14. The van der Waals surface area contributed by atoms with Crippen molar-refractivity contribution in [3.05, 3.63) is 89.5 Å². The number of amides is 1. The van der Waals surface area contributed by atoms with E-state index in [0.29, 0.717) is 12.2 Å². The summed E-state index contributed by atoms with van der Waals surface area (Å²) in [6, 6.07) is 21.3. The van der Waals surface area contributed by atoms with Gasteiger partial charge < -0.3 is 9.47 Å². The van der Waals surface area contributed by atoms with E-state index in [4.69, 9.17) is 0 Å². The Kier molecular flexibility index (Phi) is 6.83. The van der Waals surface area contributed by atoms with Gasteiger partial charge in [0.2, 0.25) is 0 Å². The normalized spacial score (nSPS) is 11.2. The average molecular weight is 391 g/mol. The lowest BCUT2D eigenvalue weighted by molar-refractivity contribution is 0.0762. The molecule has 0 aliphatic rings. The molecule has 5 nitrogen and oxygen atoms in total. The number of nitrogens with zero attached hydrogens (tertiary/aromatic N) is 4. The molecule has 0 saturated heterocycles. The Labute approximate surface area is 173 Å². The molecule has 0 fully saturated rings. The standard InChI is InChI=1S/C24H30N4O/c1-5-28(17-16-26(3)24(29)22-18-25-19(2)27(22)4)23(20-12-8-6-9-13-20)21-14-10-7-11-15-21/h6-15,18,23H,5,16-17H2,1-4H3. The van der Waals surface area contributed by atoms with Gasteiger partial charge in [0, 0.05) is 27.2 Å². The number of aryl methyl sites for hydroxylation is 1. The third kappa shape index (κ3) is 4.74. The number of imidazole rings is 1. The van der Waals surface area contributed by atoms with Gasteiger partial charge in [-0.2, -0.15) is 0 Å². The summed E-state index contributed by atoms with van der Waals surface area (Å²) in [6.07, 6.45) is 1.66. The second-order valence-electron chi connectivity index (χ2n) is 7.33. The lowest BCUT2D eigenvalue weighted by Gasteiger charge is -2.33. The quantitative estimate of drug-likeness (QED) is 0.586. The minimum atomic E-state index is 0.000116. The fraction of sp³-hybridized carbons (Fsp3) is 0.333. The molecule has 1 heterocycles. The zero-order valence-electron chi connectivity index (χ0n) is 17.7. The van der Waals surface area contributed by atoms with Crippen molar-refractivity contribution >= 4 is 5.91 Å². The molecule has 0 spiro atoms. The first-order valence-corrected chi connectivity index (χ1v) is 10.1. The Balaban J connectivity index is 1.77. The number of aromatic nitrogens is 2. The van der Waals surface area contributed by atoms with Crippen LogP contribution in [0, 0.1) is 6.92 Å². The van der Waals surface area contributed by atoms with Gasteiger partial charge in [0.25, 0.3) is 5.91 Å². The monoisotopic (exact) mass is 390 g/mol. The van der Waals surface area contributed by atoms with Gasteiger partial charge in [0.05, 0.1) is 12.2 Å². The average Bonchev–Trinajstić information content (AvgIpc) is 3.09. The Bertz CT molecular complexity index is 881. The summed E-state index contributed by atoms with van der Waals surface area (Å²) < 4.78 is 1.84. The van der Waals surface area contributed by atoms with E-state index in [1.54, 1.807) is 11.1 Å². The van der Waals surface area contributed by atoms with E-state index >= 15 is 0 Å². The van der Waals surface area contributed by atoms with Gasteiger partial charge in [-0.15, -0.1) is 0 Å². The van der Waals surface area contributed by atoms with Crippen LogP contribution in [0.5, 0.6) is 0 Å². The number of carbonyl (C=O) groups is 1. The molecule has 0 aliphatic heterocycles. The Morgan fingerprint density at radius 1 is 1.00 bits per heavy atom. The second-order valence-corrected chi connectivity index (χ2v) is 7.33. The smallest absolute Gasteiger partial charge is 0.271 e. The van der Waals surface area contributed by atoms with Crippen molar-refractivity contribution < 1.29 is 4.79 Å². The topological polar surface area (TPSA) is 41.4 Å². The predicted molar refractivity (Wildman–Crippen MR) is 117 cm³/mol. The van der Waals surface area contributed by atoms with Crippen molar-refractivity contribution in [3.63, 3.8) is 0 Å². The Morgan fingerprint density at radius 2 is 1.55 bits per heavy atom. The molecule has 0 atom stereocenters. The van der Waals surface area contributed by atoms with Crippen molar-refractivity contribution in [1.82, 2.24) is 19.4 Å². The number of likely N-dealkylation sites (N-methyl/N-ethyl adjacent to an activating group) is 2. The lowest BCUT2D eigenvalue weighted by Crippen LogP contribution is -2.39. The maximum atomic E-state index is 12.8. The second kappa shape index (κ2) is 9.52. The highest BCUT2D eigenvalue weighted by molar-refractivity contribution is 5.92. The molecule has 5 heteroatoms. The number of benzene rings is 2. The van der Waals surface area contributed by atoms with E-state index < -0.39 is 0 Å². The predicted octanol–water partition coefficient (Wildman–Crippen LogP) is 3.91. The first-order valence-electron chi connectivity index (χ1n) is 10.1. The lowest BCUT2D eigenvalue weighted by atomic mass is 9.97. The van der Waals surface area contributed by atoms with Crippen LogP contribution in [0.2, 0.25) is 0 Å². The zero-order valence-corrected chi connectivity index (χ0v) is 17.7. The molecule has 1 amide bonds. The molecule has 0 N–H and O–H groups in total.